The van der Waals surface area contributed by atoms with Gasteiger partial charge in [0.05, 0.1) is 6.04 Å². The van der Waals surface area contributed by atoms with E-state index in [0.717, 1.165) is 0 Å². The Labute approximate surface area is 122 Å². The van der Waals surface area contributed by atoms with Crippen molar-refractivity contribution < 1.29 is 0 Å². The first-order valence-electron chi connectivity index (χ1n) is 7.80. The van der Waals surface area contributed by atoms with Crippen LogP contribution in [0.25, 0.3) is 0 Å². The molecule has 1 nitrogen and oxygen atoms in total. The molecule has 1 atom stereocenters. The summed E-state index contributed by atoms with van der Waals surface area (Å²) in [6.45, 7) is 2.23. The van der Waals surface area contributed by atoms with Gasteiger partial charge < -0.3 is 5.32 Å². The van der Waals surface area contributed by atoms with Crippen LogP contribution in [-0.4, -0.2) is 0 Å². The second-order valence-electron chi connectivity index (χ2n) is 5.73. The maximum Gasteiger partial charge on any atom is 0.0516 e. The third-order valence-electron chi connectivity index (χ3n) is 4.20. The van der Waals surface area contributed by atoms with E-state index in [0.29, 0.717) is 6.04 Å². The molecule has 0 amide bonds. The molecule has 1 N–H and O–H groups in total. The summed E-state index contributed by atoms with van der Waals surface area (Å²) in [6.07, 6.45) is 6.12. The van der Waals surface area contributed by atoms with Gasteiger partial charge in [0.2, 0.25) is 0 Å². The van der Waals surface area contributed by atoms with Gasteiger partial charge in [-0.15, -0.1) is 0 Å². The van der Waals surface area contributed by atoms with Gasteiger partial charge in [-0.05, 0) is 54.5 Å². The minimum absolute atomic E-state index is 0.469. The molecule has 1 aliphatic carbocycles. The lowest BCUT2D eigenvalue weighted by molar-refractivity contribution is 0.600. The molecule has 0 radical (unpaired) electrons. The Morgan fingerprint density at radius 2 is 1.85 bits per heavy atom. The number of nitrogens with one attached hydrogen (secondary N) is 1. The molecule has 2 aromatic rings. The van der Waals surface area contributed by atoms with Gasteiger partial charge in [-0.2, -0.15) is 0 Å². The molecule has 0 saturated heterocycles. The van der Waals surface area contributed by atoms with Crippen LogP contribution in [0.15, 0.2) is 48.5 Å². The monoisotopic (exact) mass is 265 g/mol. The molecular formula is C19H23N. The topological polar surface area (TPSA) is 12.0 Å². The molecule has 0 heterocycles. The van der Waals surface area contributed by atoms with E-state index < -0.39 is 0 Å². The maximum absolute atomic E-state index is 3.71. The Morgan fingerprint density at radius 1 is 1.05 bits per heavy atom. The Bertz CT molecular complexity index is 556. The van der Waals surface area contributed by atoms with Crippen LogP contribution < -0.4 is 5.32 Å². The van der Waals surface area contributed by atoms with E-state index in [2.05, 4.69) is 60.8 Å². The molecule has 0 spiro atoms. The Balaban J connectivity index is 1.75. The van der Waals surface area contributed by atoms with Gasteiger partial charge in [0.25, 0.3) is 0 Å². The van der Waals surface area contributed by atoms with Crippen molar-refractivity contribution >= 4 is 5.69 Å². The van der Waals surface area contributed by atoms with E-state index in [4.69, 9.17) is 0 Å². The lowest BCUT2D eigenvalue weighted by Crippen LogP contribution is -2.17. The molecule has 0 bridgehead atoms. The van der Waals surface area contributed by atoms with Crippen molar-refractivity contribution in [2.45, 2.75) is 45.1 Å². The lowest BCUT2D eigenvalue weighted by Gasteiger charge is -2.27. The van der Waals surface area contributed by atoms with Gasteiger partial charge in [0.1, 0.15) is 0 Å². The smallest absolute Gasteiger partial charge is 0.0516 e. The highest BCUT2D eigenvalue weighted by atomic mass is 14.9. The molecular weight excluding hydrogens is 242 g/mol. The quantitative estimate of drug-likeness (QED) is 0.808. The molecule has 1 heteroatoms. The number of benzene rings is 2. The van der Waals surface area contributed by atoms with E-state index in [1.807, 2.05) is 0 Å². The van der Waals surface area contributed by atoms with Gasteiger partial charge >= 0.3 is 0 Å². The average molecular weight is 265 g/mol. The third-order valence-corrected chi connectivity index (χ3v) is 4.20. The molecule has 2 aromatic carbocycles. The van der Waals surface area contributed by atoms with Crippen molar-refractivity contribution in [2.24, 2.45) is 0 Å². The summed E-state index contributed by atoms with van der Waals surface area (Å²) < 4.78 is 0. The van der Waals surface area contributed by atoms with E-state index in [1.54, 1.807) is 0 Å². The predicted octanol–water partition coefficient (Wildman–Crippen LogP) is 5.13. The zero-order chi connectivity index (χ0) is 13.8. The predicted molar refractivity (Wildman–Crippen MR) is 86.2 cm³/mol. The summed E-state index contributed by atoms with van der Waals surface area (Å²) >= 11 is 0. The summed E-state index contributed by atoms with van der Waals surface area (Å²) in [5.74, 6) is 0. The molecule has 3 rings (SSSR count). The molecule has 0 aliphatic heterocycles. The highest BCUT2D eigenvalue weighted by Crippen LogP contribution is 2.32. The Hall–Kier alpha value is -1.76. The van der Waals surface area contributed by atoms with E-state index in [9.17, 15) is 0 Å². The number of hydrogen-bond donors (Lipinski definition) is 1. The van der Waals surface area contributed by atoms with Crippen molar-refractivity contribution in [3.05, 3.63) is 65.2 Å². The fraction of sp³-hybridized carbons (Fsp3) is 0.368. The Morgan fingerprint density at radius 3 is 2.65 bits per heavy atom. The zero-order valence-corrected chi connectivity index (χ0v) is 12.2. The van der Waals surface area contributed by atoms with E-state index >= 15 is 0 Å². The number of anilines is 1. The first-order valence-corrected chi connectivity index (χ1v) is 7.80. The summed E-state index contributed by atoms with van der Waals surface area (Å²) in [7, 11) is 0. The molecule has 0 saturated carbocycles. The fourth-order valence-electron chi connectivity index (χ4n) is 3.16. The molecule has 1 aliphatic rings. The largest absolute Gasteiger partial charge is 0.378 e. The lowest BCUT2D eigenvalue weighted by atomic mass is 9.87. The van der Waals surface area contributed by atoms with Crippen LogP contribution in [0.5, 0.6) is 0 Å². The highest BCUT2D eigenvalue weighted by Gasteiger charge is 2.19. The summed E-state index contributed by atoms with van der Waals surface area (Å²) in [5.41, 5.74) is 5.67. The van der Waals surface area contributed by atoms with Crippen molar-refractivity contribution in [2.75, 3.05) is 5.32 Å². The zero-order valence-electron chi connectivity index (χ0n) is 12.2. The van der Waals surface area contributed by atoms with Crippen molar-refractivity contribution in [3.8, 4) is 0 Å². The van der Waals surface area contributed by atoms with Gasteiger partial charge in [-0.1, -0.05) is 49.7 Å². The van der Waals surface area contributed by atoms with Crippen LogP contribution in [0.4, 0.5) is 5.69 Å². The second-order valence-corrected chi connectivity index (χ2v) is 5.73. The van der Waals surface area contributed by atoms with Gasteiger partial charge in [0, 0.05) is 5.69 Å². The van der Waals surface area contributed by atoms with Gasteiger partial charge in [-0.3, -0.25) is 0 Å². The van der Waals surface area contributed by atoms with Crippen LogP contribution in [0.3, 0.4) is 0 Å². The average Bonchev–Trinajstić information content (AvgIpc) is 2.50. The number of fused-ring (bicyclic) bond motifs is 1. The molecule has 20 heavy (non-hydrogen) atoms. The number of aryl methyl sites for hydroxylation is 2. The summed E-state index contributed by atoms with van der Waals surface area (Å²) in [4.78, 5) is 0. The highest BCUT2D eigenvalue weighted by molar-refractivity contribution is 5.48. The van der Waals surface area contributed by atoms with Crippen molar-refractivity contribution in [1.82, 2.24) is 0 Å². The maximum atomic E-state index is 3.71. The first-order chi connectivity index (χ1) is 9.86. The standard InChI is InChI=1S/C19H23N/c1-2-6-15-11-13-17(14-12-15)20-19-10-5-8-16-7-3-4-9-18(16)19/h3-4,7,9,11-14,19-20H,2,5-6,8,10H2,1H3. The molecule has 104 valence electrons. The van der Waals surface area contributed by atoms with Crippen molar-refractivity contribution in [3.63, 3.8) is 0 Å². The fourth-order valence-corrected chi connectivity index (χ4v) is 3.16. The SMILES string of the molecule is CCCc1ccc(NC2CCCc3ccccc32)cc1. The number of rotatable bonds is 4. The van der Waals surface area contributed by atoms with Crippen LogP contribution in [0.1, 0.15) is 48.9 Å². The van der Waals surface area contributed by atoms with Crippen LogP contribution in [0, 0.1) is 0 Å². The van der Waals surface area contributed by atoms with Crippen LogP contribution in [-0.2, 0) is 12.8 Å². The minimum Gasteiger partial charge on any atom is -0.378 e. The molecule has 1 unspecified atom stereocenters. The minimum atomic E-state index is 0.469. The van der Waals surface area contributed by atoms with E-state index in [-0.39, 0.29) is 0 Å². The molecule has 0 aromatic heterocycles. The summed E-state index contributed by atoms with van der Waals surface area (Å²) in [5, 5.41) is 3.71. The normalized spacial score (nSPS) is 17.6. The van der Waals surface area contributed by atoms with Gasteiger partial charge in [0.15, 0.2) is 0 Å². The van der Waals surface area contributed by atoms with Gasteiger partial charge in [-0.25, -0.2) is 0 Å². The summed E-state index contributed by atoms with van der Waals surface area (Å²) in [6, 6.07) is 18.3. The van der Waals surface area contributed by atoms with Crippen LogP contribution >= 0.6 is 0 Å². The Kier molecular flexibility index (Phi) is 4.05. The van der Waals surface area contributed by atoms with Crippen molar-refractivity contribution in [1.29, 1.82) is 0 Å². The second kappa shape index (κ2) is 6.13. The third kappa shape index (κ3) is 2.87. The van der Waals surface area contributed by atoms with E-state index in [1.165, 1.54) is 54.5 Å². The number of hydrogen-bond acceptors (Lipinski definition) is 1. The van der Waals surface area contributed by atoms with Crippen LogP contribution in [0.2, 0.25) is 0 Å². The molecule has 0 fully saturated rings. The first kappa shape index (κ1) is 13.2.